The molecule has 1 aromatic heterocycles. The zero-order chi connectivity index (χ0) is 13.0. The van der Waals surface area contributed by atoms with Crippen LogP contribution in [-0.4, -0.2) is 30.1 Å². The van der Waals surface area contributed by atoms with Gasteiger partial charge in [0.2, 0.25) is 0 Å². The van der Waals surface area contributed by atoms with E-state index in [-0.39, 0.29) is 12.3 Å². The van der Waals surface area contributed by atoms with Gasteiger partial charge in [0.05, 0.1) is 18.1 Å². The van der Waals surface area contributed by atoms with Gasteiger partial charge in [-0.05, 0) is 18.1 Å². The molecule has 0 atom stereocenters. The highest BCUT2D eigenvalue weighted by molar-refractivity contribution is 7.14. The molecule has 0 bridgehead atoms. The van der Waals surface area contributed by atoms with Gasteiger partial charge in [0.1, 0.15) is 0 Å². The van der Waals surface area contributed by atoms with Gasteiger partial charge in [0, 0.05) is 24.3 Å². The van der Waals surface area contributed by atoms with Crippen molar-refractivity contribution >= 4 is 23.2 Å². The van der Waals surface area contributed by atoms with E-state index in [0.717, 1.165) is 12.0 Å². The molecule has 0 saturated heterocycles. The topological polar surface area (TPSA) is 75.6 Å². The zero-order valence-corrected chi connectivity index (χ0v) is 10.7. The van der Waals surface area contributed by atoms with E-state index in [4.69, 9.17) is 9.84 Å². The van der Waals surface area contributed by atoms with Gasteiger partial charge in [0.15, 0.2) is 0 Å². The van der Waals surface area contributed by atoms with Crippen molar-refractivity contribution in [2.75, 3.05) is 13.2 Å². The summed E-state index contributed by atoms with van der Waals surface area (Å²) in [4.78, 5) is 24.0. The van der Waals surface area contributed by atoms with E-state index in [9.17, 15) is 9.59 Å². The van der Waals surface area contributed by atoms with Crippen molar-refractivity contribution in [1.29, 1.82) is 0 Å². The van der Waals surface area contributed by atoms with Crippen molar-refractivity contribution < 1.29 is 19.4 Å². The van der Waals surface area contributed by atoms with Crippen molar-refractivity contribution in [1.82, 2.24) is 5.32 Å². The van der Waals surface area contributed by atoms with Crippen LogP contribution in [0.5, 0.6) is 0 Å². The third-order valence-corrected chi connectivity index (χ3v) is 3.94. The Hall–Kier alpha value is -1.40. The molecule has 0 fully saturated rings. The minimum Gasteiger partial charge on any atom is -0.481 e. The Balaban J connectivity index is 1.85. The lowest BCUT2D eigenvalue weighted by atomic mass is 10.2. The first-order valence-corrected chi connectivity index (χ1v) is 6.68. The SMILES string of the molecule is O=C(O)CCCNC(=O)c1cc2c(s1)CCOC2. The van der Waals surface area contributed by atoms with Gasteiger partial charge in [-0.1, -0.05) is 0 Å². The predicted molar refractivity (Wildman–Crippen MR) is 66.9 cm³/mol. The van der Waals surface area contributed by atoms with Crippen LogP contribution < -0.4 is 5.32 Å². The van der Waals surface area contributed by atoms with Gasteiger partial charge in [-0.2, -0.15) is 0 Å². The number of carbonyl (C=O) groups excluding carboxylic acids is 1. The molecule has 5 nitrogen and oxygen atoms in total. The van der Waals surface area contributed by atoms with Gasteiger partial charge < -0.3 is 15.2 Å². The number of amides is 1. The number of carboxylic acids is 1. The Morgan fingerprint density at radius 2 is 2.33 bits per heavy atom. The Morgan fingerprint density at radius 1 is 1.50 bits per heavy atom. The lowest BCUT2D eigenvalue weighted by Gasteiger charge is -2.10. The second-order valence-corrected chi connectivity index (χ2v) is 5.25. The molecule has 1 amide bonds. The molecule has 0 radical (unpaired) electrons. The molecule has 0 saturated carbocycles. The molecule has 1 aliphatic rings. The summed E-state index contributed by atoms with van der Waals surface area (Å²) < 4.78 is 5.32. The molecule has 2 heterocycles. The molecule has 1 aliphatic heterocycles. The third kappa shape index (κ3) is 3.30. The molecule has 18 heavy (non-hydrogen) atoms. The number of nitrogens with one attached hydrogen (secondary N) is 1. The fraction of sp³-hybridized carbons (Fsp3) is 0.500. The van der Waals surface area contributed by atoms with Crippen molar-refractivity contribution in [3.8, 4) is 0 Å². The smallest absolute Gasteiger partial charge is 0.303 e. The first-order valence-electron chi connectivity index (χ1n) is 5.86. The highest BCUT2D eigenvalue weighted by Crippen LogP contribution is 2.26. The van der Waals surface area contributed by atoms with Gasteiger partial charge in [-0.3, -0.25) is 9.59 Å². The number of carbonyl (C=O) groups is 2. The number of carboxylic acid groups (broad SMARTS) is 1. The molecule has 2 N–H and O–H groups in total. The van der Waals surface area contributed by atoms with Crippen LogP contribution in [0.2, 0.25) is 0 Å². The number of fused-ring (bicyclic) bond motifs is 1. The summed E-state index contributed by atoms with van der Waals surface area (Å²) in [5.74, 6) is -0.965. The average molecular weight is 269 g/mol. The molecule has 0 spiro atoms. The summed E-state index contributed by atoms with van der Waals surface area (Å²) in [6.07, 6.45) is 1.40. The zero-order valence-electron chi connectivity index (χ0n) is 9.90. The van der Waals surface area contributed by atoms with Crippen LogP contribution in [-0.2, 0) is 22.6 Å². The predicted octanol–water partition coefficient (Wildman–Crippen LogP) is 1.42. The van der Waals surface area contributed by atoms with Gasteiger partial charge in [-0.25, -0.2) is 0 Å². The van der Waals surface area contributed by atoms with Crippen LogP contribution >= 0.6 is 11.3 Å². The van der Waals surface area contributed by atoms with E-state index in [1.807, 2.05) is 6.07 Å². The average Bonchev–Trinajstić information content (AvgIpc) is 2.78. The molecule has 0 aromatic carbocycles. The third-order valence-electron chi connectivity index (χ3n) is 2.70. The lowest BCUT2D eigenvalue weighted by molar-refractivity contribution is -0.137. The van der Waals surface area contributed by atoms with Gasteiger partial charge >= 0.3 is 5.97 Å². The second-order valence-electron chi connectivity index (χ2n) is 4.11. The molecule has 1 aromatic rings. The summed E-state index contributed by atoms with van der Waals surface area (Å²) in [5, 5.41) is 11.2. The number of ether oxygens (including phenoxy) is 1. The number of hydrogen-bond acceptors (Lipinski definition) is 4. The molecular weight excluding hydrogens is 254 g/mol. The molecule has 0 unspecified atom stereocenters. The van der Waals surface area contributed by atoms with E-state index in [2.05, 4.69) is 5.32 Å². The number of rotatable bonds is 5. The number of aliphatic carboxylic acids is 1. The van der Waals surface area contributed by atoms with E-state index in [1.54, 1.807) is 0 Å². The maximum absolute atomic E-state index is 11.8. The maximum Gasteiger partial charge on any atom is 0.303 e. The van der Waals surface area contributed by atoms with Crippen LogP contribution in [0.25, 0.3) is 0 Å². The Kier molecular flexibility index (Phi) is 4.33. The van der Waals surface area contributed by atoms with E-state index >= 15 is 0 Å². The van der Waals surface area contributed by atoms with Crippen molar-refractivity contribution in [2.45, 2.75) is 25.9 Å². The molecule has 98 valence electrons. The van der Waals surface area contributed by atoms with E-state index in [0.29, 0.717) is 31.1 Å². The largest absolute Gasteiger partial charge is 0.481 e. The van der Waals surface area contributed by atoms with Crippen molar-refractivity contribution in [3.63, 3.8) is 0 Å². The molecule has 6 heteroatoms. The molecular formula is C12H15NO4S. The summed E-state index contributed by atoms with van der Waals surface area (Å²) >= 11 is 1.50. The van der Waals surface area contributed by atoms with Crippen LogP contribution in [0.3, 0.4) is 0 Å². The molecule has 0 aliphatic carbocycles. The monoisotopic (exact) mass is 269 g/mol. The summed E-state index contributed by atoms with van der Waals surface area (Å²) in [5.41, 5.74) is 1.10. The first kappa shape index (κ1) is 13.0. The van der Waals surface area contributed by atoms with E-state index < -0.39 is 5.97 Å². The van der Waals surface area contributed by atoms with Gasteiger partial charge in [0.25, 0.3) is 5.91 Å². The highest BCUT2D eigenvalue weighted by Gasteiger charge is 2.17. The Morgan fingerprint density at radius 3 is 3.06 bits per heavy atom. The standard InChI is InChI=1S/C12H15NO4S/c14-11(15)2-1-4-13-12(16)10-6-8-7-17-5-3-9(8)18-10/h6H,1-5,7H2,(H,13,16)(H,14,15). The molecule has 2 rings (SSSR count). The Labute approximate surface area is 109 Å². The first-order chi connectivity index (χ1) is 8.66. The lowest BCUT2D eigenvalue weighted by Crippen LogP contribution is -2.24. The second kappa shape index (κ2) is 5.97. The van der Waals surface area contributed by atoms with Gasteiger partial charge in [-0.15, -0.1) is 11.3 Å². The Bertz CT molecular complexity index is 431. The summed E-state index contributed by atoms with van der Waals surface area (Å²) in [6.45, 7) is 1.69. The van der Waals surface area contributed by atoms with Crippen LogP contribution in [0.1, 0.15) is 33.0 Å². The fourth-order valence-electron chi connectivity index (χ4n) is 1.79. The summed E-state index contributed by atoms with van der Waals surface area (Å²) in [7, 11) is 0. The van der Waals surface area contributed by atoms with Crippen LogP contribution in [0, 0.1) is 0 Å². The van der Waals surface area contributed by atoms with Crippen molar-refractivity contribution in [2.24, 2.45) is 0 Å². The minimum atomic E-state index is -0.840. The minimum absolute atomic E-state index is 0.0784. The fourth-order valence-corrected chi connectivity index (χ4v) is 2.85. The highest BCUT2D eigenvalue weighted by atomic mass is 32.1. The van der Waals surface area contributed by atoms with Crippen LogP contribution in [0.4, 0.5) is 0 Å². The van der Waals surface area contributed by atoms with E-state index in [1.165, 1.54) is 16.2 Å². The quantitative estimate of drug-likeness (QED) is 0.793. The van der Waals surface area contributed by atoms with Crippen molar-refractivity contribution in [3.05, 3.63) is 21.4 Å². The number of hydrogen-bond donors (Lipinski definition) is 2. The summed E-state index contributed by atoms with van der Waals surface area (Å²) in [6, 6.07) is 1.87. The normalized spacial score (nSPS) is 14.0. The maximum atomic E-state index is 11.8. The van der Waals surface area contributed by atoms with Crippen LogP contribution in [0.15, 0.2) is 6.07 Å². The number of thiophene rings is 1.